The summed E-state index contributed by atoms with van der Waals surface area (Å²) in [5, 5.41) is 3.33. The van der Waals surface area contributed by atoms with Crippen LogP contribution in [0.1, 0.15) is 19.3 Å². The van der Waals surface area contributed by atoms with E-state index in [9.17, 15) is 0 Å². The van der Waals surface area contributed by atoms with Crippen LogP contribution in [0.4, 0.5) is 11.4 Å². The maximum absolute atomic E-state index is 5.92. The fraction of sp³-hybridized carbons (Fsp3) is 0.600. The Morgan fingerprint density at radius 1 is 1.35 bits per heavy atom. The van der Waals surface area contributed by atoms with Crippen LogP contribution in [-0.4, -0.2) is 38.6 Å². The Morgan fingerprint density at radius 2 is 2.30 bits per heavy atom. The summed E-state index contributed by atoms with van der Waals surface area (Å²) in [4.78, 5) is 0. The molecule has 3 N–H and O–H groups in total. The molecule has 3 rings (SSSR count). The van der Waals surface area contributed by atoms with Gasteiger partial charge in [0.15, 0.2) is 0 Å². The van der Waals surface area contributed by atoms with Crippen LogP contribution in [-0.2, 0) is 9.47 Å². The van der Waals surface area contributed by atoms with Crippen molar-refractivity contribution >= 4 is 11.4 Å². The lowest BCUT2D eigenvalue weighted by atomic mass is 10.1. The predicted molar refractivity (Wildman–Crippen MR) is 78.2 cm³/mol. The Balaban J connectivity index is 1.51. The maximum Gasteiger partial charge on any atom is 0.142 e. The van der Waals surface area contributed by atoms with Crippen molar-refractivity contribution in [1.29, 1.82) is 0 Å². The molecule has 20 heavy (non-hydrogen) atoms. The molecule has 0 saturated carbocycles. The monoisotopic (exact) mass is 278 g/mol. The number of fused-ring (bicyclic) bond motifs is 1. The average Bonchev–Trinajstić information content (AvgIpc) is 2.68. The average molecular weight is 278 g/mol. The van der Waals surface area contributed by atoms with E-state index in [1.807, 2.05) is 18.2 Å². The molecule has 1 fully saturated rings. The quantitative estimate of drug-likeness (QED) is 0.828. The zero-order valence-corrected chi connectivity index (χ0v) is 11.6. The highest BCUT2D eigenvalue weighted by molar-refractivity contribution is 5.63. The van der Waals surface area contributed by atoms with Crippen molar-refractivity contribution in [2.45, 2.75) is 31.5 Å². The van der Waals surface area contributed by atoms with Gasteiger partial charge in [-0.15, -0.1) is 0 Å². The van der Waals surface area contributed by atoms with E-state index < -0.39 is 0 Å². The zero-order chi connectivity index (χ0) is 13.8. The molecule has 1 saturated heterocycles. The van der Waals surface area contributed by atoms with Crippen LogP contribution in [0.2, 0.25) is 0 Å². The molecule has 5 heteroatoms. The number of hydrogen-bond acceptors (Lipinski definition) is 5. The van der Waals surface area contributed by atoms with Gasteiger partial charge >= 0.3 is 0 Å². The third-order valence-corrected chi connectivity index (χ3v) is 3.74. The highest BCUT2D eigenvalue weighted by atomic mass is 16.6. The van der Waals surface area contributed by atoms with Gasteiger partial charge in [0.1, 0.15) is 18.5 Å². The number of rotatable bonds is 3. The van der Waals surface area contributed by atoms with E-state index in [0.717, 1.165) is 36.7 Å². The largest absolute Gasteiger partial charge is 0.489 e. The fourth-order valence-electron chi connectivity index (χ4n) is 2.57. The number of nitrogens with two attached hydrogens (primary N) is 1. The Morgan fingerprint density at radius 3 is 3.15 bits per heavy atom. The van der Waals surface area contributed by atoms with Crippen LogP contribution in [0.5, 0.6) is 5.75 Å². The number of anilines is 2. The van der Waals surface area contributed by atoms with Gasteiger partial charge in [0.2, 0.25) is 0 Å². The molecule has 1 aromatic carbocycles. The molecule has 0 spiro atoms. The van der Waals surface area contributed by atoms with Crippen molar-refractivity contribution in [2.24, 2.45) is 0 Å². The summed E-state index contributed by atoms with van der Waals surface area (Å²) in [7, 11) is 0. The summed E-state index contributed by atoms with van der Waals surface area (Å²) in [6.45, 7) is 2.78. The van der Waals surface area contributed by atoms with Crippen molar-refractivity contribution in [2.75, 3.05) is 37.4 Å². The maximum atomic E-state index is 5.92. The summed E-state index contributed by atoms with van der Waals surface area (Å²) < 4.78 is 17.4. The molecule has 2 aliphatic rings. The first-order valence-corrected chi connectivity index (χ1v) is 7.30. The van der Waals surface area contributed by atoms with Crippen molar-refractivity contribution in [3.63, 3.8) is 0 Å². The zero-order valence-electron chi connectivity index (χ0n) is 11.6. The van der Waals surface area contributed by atoms with Crippen LogP contribution in [0, 0.1) is 0 Å². The molecule has 1 unspecified atom stereocenters. The van der Waals surface area contributed by atoms with Crippen LogP contribution < -0.4 is 15.8 Å². The molecular formula is C15H22N2O3. The minimum absolute atomic E-state index is 0.0363. The Hall–Kier alpha value is -1.46. The van der Waals surface area contributed by atoms with Gasteiger partial charge in [-0.05, 0) is 37.5 Å². The molecule has 2 heterocycles. The number of ether oxygens (including phenoxy) is 3. The van der Waals surface area contributed by atoms with E-state index in [2.05, 4.69) is 5.32 Å². The van der Waals surface area contributed by atoms with E-state index in [0.29, 0.717) is 13.2 Å². The van der Waals surface area contributed by atoms with Gasteiger partial charge in [-0.25, -0.2) is 0 Å². The summed E-state index contributed by atoms with van der Waals surface area (Å²) in [6, 6.07) is 5.63. The van der Waals surface area contributed by atoms with Crippen LogP contribution in [0.25, 0.3) is 0 Å². The molecule has 0 aromatic heterocycles. The van der Waals surface area contributed by atoms with E-state index >= 15 is 0 Å². The Labute approximate surface area is 119 Å². The molecule has 110 valence electrons. The van der Waals surface area contributed by atoms with Gasteiger partial charge in [-0.3, -0.25) is 0 Å². The second-order valence-corrected chi connectivity index (χ2v) is 5.39. The van der Waals surface area contributed by atoms with Gasteiger partial charge in [-0.1, -0.05) is 0 Å². The van der Waals surface area contributed by atoms with E-state index in [-0.39, 0.29) is 12.2 Å². The third kappa shape index (κ3) is 3.35. The minimum Gasteiger partial charge on any atom is -0.489 e. The van der Waals surface area contributed by atoms with Gasteiger partial charge in [-0.2, -0.15) is 0 Å². The lowest BCUT2D eigenvalue weighted by molar-refractivity contribution is -0.0669. The summed E-state index contributed by atoms with van der Waals surface area (Å²) in [5.41, 5.74) is 7.45. The third-order valence-electron chi connectivity index (χ3n) is 3.74. The highest BCUT2D eigenvalue weighted by Gasteiger charge is 2.20. The SMILES string of the molecule is Nc1ccc2c(c1)NC[C@H](OCC1CCCCO1)CO2. The van der Waals surface area contributed by atoms with E-state index in [1.54, 1.807) is 0 Å². The highest BCUT2D eigenvalue weighted by Crippen LogP contribution is 2.29. The van der Waals surface area contributed by atoms with Crippen molar-refractivity contribution in [1.82, 2.24) is 0 Å². The molecule has 1 aromatic rings. The van der Waals surface area contributed by atoms with Gasteiger partial charge in [0, 0.05) is 18.8 Å². The number of hydrogen-bond donors (Lipinski definition) is 2. The van der Waals surface area contributed by atoms with Crippen molar-refractivity contribution in [3.8, 4) is 5.75 Å². The molecular weight excluding hydrogens is 256 g/mol. The summed E-state index contributed by atoms with van der Waals surface area (Å²) >= 11 is 0. The molecule has 0 radical (unpaired) electrons. The first kappa shape index (κ1) is 13.5. The number of nitrogen functional groups attached to an aromatic ring is 1. The lowest BCUT2D eigenvalue weighted by Gasteiger charge is -2.24. The molecule has 2 aliphatic heterocycles. The summed E-state index contributed by atoms with van der Waals surface area (Å²) in [6.07, 6.45) is 3.77. The first-order valence-electron chi connectivity index (χ1n) is 7.30. The molecule has 5 nitrogen and oxygen atoms in total. The smallest absolute Gasteiger partial charge is 0.142 e. The predicted octanol–water partition coefficient (Wildman–Crippen LogP) is 2.03. The lowest BCUT2D eigenvalue weighted by Crippen LogP contribution is -2.33. The minimum atomic E-state index is 0.0363. The van der Waals surface area contributed by atoms with E-state index in [4.69, 9.17) is 19.9 Å². The van der Waals surface area contributed by atoms with Gasteiger partial charge < -0.3 is 25.3 Å². The normalized spacial score (nSPS) is 26.0. The number of nitrogens with one attached hydrogen (secondary N) is 1. The standard InChI is InChI=1S/C15H22N2O3/c16-11-4-5-15-14(7-11)17-8-13(10-20-15)19-9-12-3-1-2-6-18-12/h4-5,7,12-13,17H,1-3,6,8-10,16H2/t12?,13-/m0/s1. The first-order chi connectivity index (χ1) is 9.81. The summed E-state index contributed by atoms with van der Waals surface area (Å²) in [5.74, 6) is 0.833. The topological polar surface area (TPSA) is 65.7 Å². The van der Waals surface area contributed by atoms with E-state index in [1.165, 1.54) is 12.8 Å². The number of benzene rings is 1. The molecule has 0 aliphatic carbocycles. The fourth-order valence-corrected chi connectivity index (χ4v) is 2.57. The van der Waals surface area contributed by atoms with Crippen LogP contribution in [0.3, 0.4) is 0 Å². The van der Waals surface area contributed by atoms with Crippen LogP contribution >= 0.6 is 0 Å². The molecule has 0 bridgehead atoms. The van der Waals surface area contributed by atoms with Gasteiger partial charge in [0.25, 0.3) is 0 Å². The second-order valence-electron chi connectivity index (χ2n) is 5.39. The molecule has 2 atom stereocenters. The van der Waals surface area contributed by atoms with Crippen molar-refractivity contribution in [3.05, 3.63) is 18.2 Å². The Kier molecular flexibility index (Phi) is 4.28. The Bertz CT molecular complexity index is 447. The molecule has 0 amide bonds. The second kappa shape index (κ2) is 6.33. The van der Waals surface area contributed by atoms with Crippen molar-refractivity contribution < 1.29 is 14.2 Å². The van der Waals surface area contributed by atoms with Crippen LogP contribution in [0.15, 0.2) is 18.2 Å². The van der Waals surface area contributed by atoms with Gasteiger partial charge in [0.05, 0.1) is 18.4 Å².